The molecule has 0 saturated carbocycles. The summed E-state index contributed by atoms with van der Waals surface area (Å²) >= 11 is 5.79. The van der Waals surface area contributed by atoms with E-state index in [1.165, 1.54) is 18.2 Å². The number of carbonyl (C=O) groups is 1. The van der Waals surface area contributed by atoms with Crippen LogP contribution in [-0.4, -0.2) is 48.5 Å². The number of nitro groups is 1. The van der Waals surface area contributed by atoms with Gasteiger partial charge in [0.2, 0.25) is 0 Å². The Morgan fingerprint density at radius 2 is 2.16 bits per heavy atom. The number of halogens is 1. The number of ether oxygens (including phenoxy) is 1. The Labute approximate surface area is 152 Å². The summed E-state index contributed by atoms with van der Waals surface area (Å²) in [5.74, 6) is 0.542. The smallest absolute Gasteiger partial charge is 0.312 e. The Morgan fingerprint density at radius 3 is 2.76 bits per heavy atom. The van der Waals surface area contributed by atoms with Gasteiger partial charge in [-0.3, -0.25) is 14.9 Å². The normalized spacial score (nSPS) is 16.5. The maximum atomic E-state index is 12.6. The highest BCUT2D eigenvalue weighted by atomic mass is 35.5. The molecule has 2 rings (SSSR count). The first-order chi connectivity index (χ1) is 11.9. The van der Waals surface area contributed by atoms with E-state index in [2.05, 4.69) is 5.32 Å². The molecular weight excluding hydrogens is 346 g/mol. The van der Waals surface area contributed by atoms with E-state index in [0.717, 1.165) is 25.8 Å². The lowest BCUT2D eigenvalue weighted by atomic mass is 9.93. The van der Waals surface area contributed by atoms with Crippen LogP contribution in [0.25, 0.3) is 0 Å². The van der Waals surface area contributed by atoms with Crippen LogP contribution in [0.1, 0.15) is 26.2 Å². The number of hydrogen-bond donors (Lipinski definition) is 1. The number of carbonyl (C=O) groups excluding carboxylic acids is 1. The molecule has 0 aromatic heterocycles. The number of benzene rings is 1. The molecule has 25 heavy (non-hydrogen) atoms. The van der Waals surface area contributed by atoms with E-state index in [-0.39, 0.29) is 22.4 Å². The minimum atomic E-state index is -0.784. The van der Waals surface area contributed by atoms with Gasteiger partial charge in [0, 0.05) is 24.2 Å². The fourth-order valence-corrected chi connectivity index (χ4v) is 3.19. The Hall–Kier alpha value is -1.86. The van der Waals surface area contributed by atoms with Crippen molar-refractivity contribution >= 4 is 23.2 Å². The van der Waals surface area contributed by atoms with Crippen LogP contribution >= 0.6 is 11.6 Å². The SMILES string of the molecule is CNCCC1CCN(C(=O)C(C)Oc2ccc(Cl)cc2[N+](=O)[O-])CC1. The summed E-state index contributed by atoms with van der Waals surface area (Å²) in [5, 5.41) is 14.5. The first-order valence-corrected chi connectivity index (χ1v) is 8.84. The van der Waals surface area contributed by atoms with Crippen LogP contribution in [0, 0.1) is 16.0 Å². The van der Waals surface area contributed by atoms with E-state index in [1.807, 2.05) is 7.05 Å². The van der Waals surface area contributed by atoms with Gasteiger partial charge in [0.25, 0.3) is 5.91 Å². The van der Waals surface area contributed by atoms with Crippen molar-refractivity contribution in [1.29, 1.82) is 0 Å². The summed E-state index contributed by atoms with van der Waals surface area (Å²) in [5.41, 5.74) is -0.238. The van der Waals surface area contributed by atoms with Crippen molar-refractivity contribution in [3.8, 4) is 5.75 Å². The monoisotopic (exact) mass is 369 g/mol. The lowest BCUT2D eigenvalue weighted by Crippen LogP contribution is -2.45. The highest BCUT2D eigenvalue weighted by Crippen LogP contribution is 2.31. The van der Waals surface area contributed by atoms with Crippen LogP contribution < -0.4 is 10.1 Å². The maximum absolute atomic E-state index is 12.6. The minimum absolute atomic E-state index is 0.0548. The lowest BCUT2D eigenvalue weighted by molar-refractivity contribution is -0.386. The van der Waals surface area contributed by atoms with E-state index in [4.69, 9.17) is 16.3 Å². The molecule has 0 spiro atoms. The van der Waals surface area contributed by atoms with Gasteiger partial charge < -0.3 is 15.0 Å². The predicted molar refractivity (Wildman–Crippen MR) is 96.0 cm³/mol. The molecule has 1 unspecified atom stereocenters. The number of rotatable bonds is 7. The molecule has 1 amide bonds. The second kappa shape index (κ2) is 9.01. The van der Waals surface area contributed by atoms with Crippen LogP contribution in [0.15, 0.2) is 18.2 Å². The number of amides is 1. The fraction of sp³-hybridized carbons (Fsp3) is 0.588. The molecule has 8 heteroatoms. The van der Waals surface area contributed by atoms with Crippen molar-refractivity contribution in [2.24, 2.45) is 5.92 Å². The molecule has 1 heterocycles. The third-order valence-corrected chi connectivity index (χ3v) is 4.73. The van der Waals surface area contributed by atoms with Gasteiger partial charge >= 0.3 is 5.69 Å². The summed E-state index contributed by atoms with van der Waals surface area (Å²) in [7, 11) is 1.94. The average Bonchev–Trinajstić information content (AvgIpc) is 2.61. The standard InChI is InChI=1S/C17H24ClN3O4/c1-12(25-16-4-3-14(18)11-15(16)21(23)24)17(22)20-9-6-13(7-10-20)5-8-19-2/h3-4,11-13,19H,5-10H2,1-2H3. The van der Waals surface area contributed by atoms with Crippen LogP contribution in [0.5, 0.6) is 5.75 Å². The third-order valence-electron chi connectivity index (χ3n) is 4.50. The first kappa shape index (κ1) is 19.5. The molecule has 1 aromatic rings. The van der Waals surface area contributed by atoms with Crippen molar-refractivity contribution in [2.75, 3.05) is 26.7 Å². The van der Waals surface area contributed by atoms with Gasteiger partial charge in [-0.15, -0.1) is 0 Å². The second-order valence-corrected chi connectivity index (χ2v) is 6.73. The van der Waals surface area contributed by atoms with Crippen molar-refractivity contribution < 1.29 is 14.5 Å². The zero-order chi connectivity index (χ0) is 18.4. The van der Waals surface area contributed by atoms with E-state index in [1.54, 1.807) is 11.8 Å². The summed E-state index contributed by atoms with van der Waals surface area (Å²) in [6, 6.07) is 4.16. The number of nitro benzene ring substituents is 1. The van der Waals surface area contributed by atoms with Gasteiger partial charge in [0.15, 0.2) is 11.9 Å². The van der Waals surface area contributed by atoms with Gasteiger partial charge in [-0.25, -0.2) is 0 Å². The Balaban J connectivity index is 1.94. The molecule has 1 saturated heterocycles. The Morgan fingerprint density at radius 1 is 1.48 bits per heavy atom. The van der Waals surface area contributed by atoms with Crippen molar-refractivity contribution in [3.63, 3.8) is 0 Å². The Kier molecular flexibility index (Phi) is 7.01. The number of nitrogens with one attached hydrogen (secondary N) is 1. The van der Waals surface area contributed by atoms with Crippen LogP contribution in [-0.2, 0) is 4.79 Å². The predicted octanol–water partition coefficient (Wildman–Crippen LogP) is 2.86. The third kappa shape index (κ3) is 5.31. The summed E-state index contributed by atoms with van der Waals surface area (Å²) < 4.78 is 5.57. The van der Waals surface area contributed by atoms with E-state index in [9.17, 15) is 14.9 Å². The van der Waals surface area contributed by atoms with Crippen LogP contribution in [0.2, 0.25) is 5.02 Å². The maximum Gasteiger partial charge on any atom is 0.312 e. The molecule has 1 N–H and O–H groups in total. The van der Waals surface area contributed by atoms with Gasteiger partial charge in [0.1, 0.15) is 0 Å². The van der Waals surface area contributed by atoms with Gasteiger partial charge in [-0.05, 0) is 57.8 Å². The molecule has 1 aliphatic heterocycles. The molecule has 0 aliphatic carbocycles. The van der Waals surface area contributed by atoms with E-state index < -0.39 is 11.0 Å². The van der Waals surface area contributed by atoms with Gasteiger partial charge in [-0.2, -0.15) is 0 Å². The molecule has 1 aromatic carbocycles. The zero-order valence-corrected chi connectivity index (χ0v) is 15.3. The summed E-state index contributed by atoms with van der Waals surface area (Å²) in [6.45, 7) is 4.00. The van der Waals surface area contributed by atoms with Crippen molar-refractivity contribution in [2.45, 2.75) is 32.3 Å². The number of piperidine rings is 1. The topological polar surface area (TPSA) is 84.7 Å². The largest absolute Gasteiger partial charge is 0.474 e. The Bertz CT molecular complexity index is 618. The first-order valence-electron chi connectivity index (χ1n) is 8.46. The highest BCUT2D eigenvalue weighted by Gasteiger charge is 2.28. The molecule has 1 fully saturated rings. The van der Waals surface area contributed by atoms with Crippen molar-refractivity contribution in [3.05, 3.63) is 33.3 Å². The van der Waals surface area contributed by atoms with Crippen LogP contribution in [0.4, 0.5) is 5.69 Å². The second-order valence-electron chi connectivity index (χ2n) is 6.29. The molecule has 138 valence electrons. The zero-order valence-electron chi connectivity index (χ0n) is 14.5. The molecule has 0 bridgehead atoms. The van der Waals surface area contributed by atoms with Crippen LogP contribution in [0.3, 0.4) is 0 Å². The lowest BCUT2D eigenvalue weighted by Gasteiger charge is -2.33. The van der Waals surface area contributed by atoms with Crippen molar-refractivity contribution in [1.82, 2.24) is 10.2 Å². The van der Waals surface area contributed by atoms with Gasteiger partial charge in [-0.1, -0.05) is 11.6 Å². The fourth-order valence-electron chi connectivity index (χ4n) is 3.02. The molecule has 0 radical (unpaired) electrons. The molecule has 1 atom stereocenters. The minimum Gasteiger partial charge on any atom is -0.474 e. The van der Waals surface area contributed by atoms with E-state index >= 15 is 0 Å². The number of nitrogens with zero attached hydrogens (tertiary/aromatic N) is 2. The molecule has 7 nitrogen and oxygen atoms in total. The molecular formula is C17H24ClN3O4. The summed E-state index contributed by atoms with van der Waals surface area (Å²) in [6.07, 6.45) is 2.28. The number of likely N-dealkylation sites (tertiary alicyclic amines) is 1. The molecule has 1 aliphatic rings. The quantitative estimate of drug-likeness (QED) is 0.590. The van der Waals surface area contributed by atoms with E-state index in [0.29, 0.717) is 19.0 Å². The van der Waals surface area contributed by atoms with Gasteiger partial charge in [0.05, 0.1) is 4.92 Å². The number of hydrogen-bond acceptors (Lipinski definition) is 5. The highest BCUT2D eigenvalue weighted by molar-refractivity contribution is 6.30. The average molecular weight is 370 g/mol. The summed E-state index contributed by atoms with van der Waals surface area (Å²) in [4.78, 5) is 24.9.